The minimum Gasteiger partial charge on any atom is -0.289 e. The van der Waals surface area contributed by atoms with Crippen LogP contribution in [0.15, 0.2) is 47.4 Å². The molecule has 2 rings (SSSR count). The van der Waals surface area contributed by atoms with Gasteiger partial charge in [-0.2, -0.15) is 0 Å². The zero-order valence-electron chi connectivity index (χ0n) is 9.97. The molecule has 0 bridgehead atoms. The van der Waals surface area contributed by atoms with E-state index in [-0.39, 0.29) is 0 Å². The third kappa shape index (κ3) is 3.96. The van der Waals surface area contributed by atoms with Gasteiger partial charge < -0.3 is 0 Å². The van der Waals surface area contributed by atoms with Crippen LogP contribution in [-0.4, -0.2) is 10.9 Å². The number of thioether (sulfide) groups is 1. The van der Waals surface area contributed by atoms with Crippen molar-refractivity contribution in [1.29, 1.82) is 0 Å². The van der Waals surface area contributed by atoms with Gasteiger partial charge in [-0.25, -0.2) is 10.8 Å². The van der Waals surface area contributed by atoms with Crippen LogP contribution in [0.5, 0.6) is 0 Å². The smallest absolute Gasteiger partial charge is 0.283 e. The number of nitrogens with zero attached hydrogens (tertiary/aromatic N) is 1. The monoisotopic (exact) mass is 293 g/mol. The predicted molar refractivity (Wildman–Crippen MR) is 76.9 cm³/mol. The van der Waals surface area contributed by atoms with Gasteiger partial charge in [0.25, 0.3) is 5.91 Å². The van der Waals surface area contributed by atoms with Crippen LogP contribution in [0, 0.1) is 0 Å². The summed E-state index contributed by atoms with van der Waals surface area (Å²) in [4.78, 5) is 16.7. The van der Waals surface area contributed by atoms with Gasteiger partial charge in [0, 0.05) is 15.7 Å². The normalized spacial score (nSPS) is 10.2. The van der Waals surface area contributed by atoms with Crippen molar-refractivity contribution in [3.63, 3.8) is 0 Å². The molecule has 0 aliphatic rings. The van der Waals surface area contributed by atoms with Gasteiger partial charge >= 0.3 is 0 Å². The van der Waals surface area contributed by atoms with E-state index in [4.69, 9.17) is 17.4 Å². The second kappa shape index (κ2) is 6.56. The highest BCUT2D eigenvalue weighted by Crippen LogP contribution is 2.23. The lowest BCUT2D eigenvalue weighted by atomic mass is 10.3. The number of carbonyl (C=O) groups is 1. The number of hydrogen-bond donors (Lipinski definition) is 2. The van der Waals surface area contributed by atoms with Gasteiger partial charge in [0.2, 0.25) is 0 Å². The molecule has 0 saturated carbocycles. The Bertz CT molecular complexity index is 574. The standard InChI is InChI=1S/C13H12ClN3OS/c14-9-4-6-11(7-5-9)19-8-10-2-1-3-12(16-10)13(18)17-15/h1-7H,8,15H2,(H,17,18). The van der Waals surface area contributed by atoms with Crippen molar-refractivity contribution in [2.75, 3.05) is 0 Å². The minimum atomic E-state index is -0.390. The van der Waals surface area contributed by atoms with Crippen molar-refractivity contribution >= 4 is 29.3 Å². The highest BCUT2D eigenvalue weighted by atomic mass is 35.5. The predicted octanol–water partition coefficient (Wildman–Crippen LogP) is 2.63. The Balaban J connectivity index is 2.03. The first kappa shape index (κ1) is 13.9. The van der Waals surface area contributed by atoms with E-state index in [9.17, 15) is 4.79 Å². The Morgan fingerprint density at radius 3 is 2.68 bits per heavy atom. The lowest BCUT2D eigenvalue weighted by Gasteiger charge is -2.04. The largest absolute Gasteiger partial charge is 0.289 e. The molecule has 0 fully saturated rings. The number of halogens is 1. The number of carbonyl (C=O) groups excluding carboxylic acids is 1. The molecule has 2 aromatic rings. The number of rotatable bonds is 4. The summed E-state index contributed by atoms with van der Waals surface area (Å²) in [6.07, 6.45) is 0. The molecule has 0 spiro atoms. The third-order valence-electron chi connectivity index (χ3n) is 2.37. The fourth-order valence-corrected chi connectivity index (χ4v) is 2.38. The summed E-state index contributed by atoms with van der Waals surface area (Å²) in [7, 11) is 0. The number of hydrazine groups is 1. The Kier molecular flexibility index (Phi) is 4.79. The van der Waals surface area contributed by atoms with E-state index in [0.29, 0.717) is 16.5 Å². The van der Waals surface area contributed by atoms with E-state index in [1.165, 1.54) is 0 Å². The molecule has 6 heteroatoms. The van der Waals surface area contributed by atoms with Crippen molar-refractivity contribution in [3.8, 4) is 0 Å². The van der Waals surface area contributed by atoms with E-state index >= 15 is 0 Å². The first-order valence-corrected chi connectivity index (χ1v) is 6.90. The van der Waals surface area contributed by atoms with Crippen LogP contribution in [0.1, 0.15) is 16.2 Å². The van der Waals surface area contributed by atoms with Crippen molar-refractivity contribution in [2.24, 2.45) is 5.84 Å². The van der Waals surface area contributed by atoms with Crippen LogP contribution in [0.4, 0.5) is 0 Å². The number of amides is 1. The molecule has 1 amide bonds. The van der Waals surface area contributed by atoms with Crippen molar-refractivity contribution in [1.82, 2.24) is 10.4 Å². The average Bonchev–Trinajstić information content (AvgIpc) is 2.46. The maximum atomic E-state index is 11.4. The Morgan fingerprint density at radius 1 is 1.26 bits per heavy atom. The van der Waals surface area contributed by atoms with Crippen LogP contribution < -0.4 is 11.3 Å². The molecule has 3 N–H and O–H groups in total. The van der Waals surface area contributed by atoms with Gasteiger partial charge in [0.05, 0.1) is 5.69 Å². The molecule has 1 aromatic carbocycles. The summed E-state index contributed by atoms with van der Waals surface area (Å²) in [6, 6.07) is 12.9. The summed E-state index contributed by atoms with van der Waals surface area (Å²) in [5, 5.41) is 0.712. The van der Waals surface area contributed by atoms with Crippen LogP contribution in [0.2, 0.25) is 5.02 Å². The van der Waals surface area contributed by atoms with E-state index in [1.54, 1.807) is 23.9 Å². The fraction of sp³-hybridized carbons (Fsp3) is 0.0769. The van der Waals surface area contributed by atoms with Crippen molar-refractivity contribution in [3.05, 3.63) is 58.9 Å². The zero-order chi connectivity index (χ0) is 13.7. The number of benzene rings is 1. The second-order valence-corrected chi connectivity index (χ2v) is 5.22. The third-order valence-corrected chi connectivity index (χ3v) is 3.67. The molecule has 0 atom stereocenters. The highest BCUT2D eigenvalue weighted by molar-refractivity contribution is 7.98. The molecule has 0 aliphatic carbocycles. The number of nitrogen functional groups attached to an aromatic ring is 1. The van der Waals surface area contributed by atoms with E-state index < -0.39 is 5.91 Å². The molecular weight excluding hydrogens is 282 g/mol. The lowest BCUT2D eigenvalue weighted by Crippen LogP contribution is -2.30. The van der Waals surface area contributed by atoms with Crippen molar-refractivity contribution in [2.45, 2.75) is 10.6 Å². The Morgan fingerprint density at radius 2 is 2.00 bits per heavy atom. The summed E-state index contributed by atoms with van der Waals surface area (Å²) >= 11 is 7.45. The number of nitrogens with one attached hydrogen (secondary N) is 1. The summed E-state index contributed by atoms with van der Waals surface area (Å²) in [6.45, 7) is 0. The molecule has 0 aliphatic heterocycles. The van der Waals surface area contributed by atoms with E-state index in [2.05, 4.69) is 10.4 Å². The fourth-order valence-electron chi connectivity index (χ4n) is 1.45. The topological polar surface area (TPSA) is 68.0 Å². The van der Waals surface area contributed by atoms with Gasteiger partial charge in [-0.3, -0.25) is 10.2 Å². The van der Waals surface area contributed by atoms with Gasteiger partial charge in [-0.15, -0.1) is 11.8 Å². The molecule has 1 aromatic heterocycles. The number of aromatic nitrogens is 1. The quantitative estimate of drug-likeness (QED) is 0.393. The Hall–Kier alpha value is -1.56. The molecule has 0 saturated heterocycles. The SMILES string of the molecule is NNC(=O)c1cccc(CSc2ccc(Cl)cc2)n1. The second-order valence-electron chi connectivity index (χ2n) is 3.73. The van der Waals surface area contributed by atoms with Gasteiger partial charge in [-0.05, 0) is 36.4 Å². The molecular formula is C13H12ClN3OS. The van der Waals surface area contributed by atoms with Gasteiger partial charge in [0.15, 0.2) is 0 Å². The van der Waals surface area contributed by atoms with Crippen LogP contribution >= 0.6 is 23.4 Å². The molecule has 98 valence electrons. The maximum absolute atomic E-state index is 11.4. The minimum absolute atomic E-state index is 0.316. The van der Waals surface area contributed by atoms with E-state index in [1.807, 2.05) is 30.3 Å². The molecule has 0 radical (unpaired) electrons. The average molecular weight is 294 g/mol. The van der Waals surface area contributed by atoms with Crippen LogP contribution in [-0.2, 0) is 5.75 Å². The molecule has 0 unspecified atom stereocenters. The molecule has 19 heavy (non-hydrogen) atoms. The van der Waals surface area contributed by atoms with Crippen LogP contribution in [0.3, 0.4) is 0 Å². The van der Waals surface area contributed by atoms with E-state index in [0.717, 1.165) is 10.6 Å². The summed E-state index contributed by atoms with van der Waals surface area (Å²) < 4.78 is 0. The maximum Gasteiger partial charge on any atom is 0.283 e. The zero-order valence-corrected chi connectivity index (χ0v) is 11.5. The highest BCUT2D eigenvalue weighted by Gasteiger charge is 2.06. The summed E-state index contributed by atoms with van der Waals surface area (Å²) in [5.74, 6) is 5.36. The number of nitrogens with two attached hydrogens (primary N) is 1. The summed E-state index contributed by atoms with van der Waals surface area (Å²) in [5.41, 5.74) is 3.20. The first-order chi connectivity index (χ1) is 9.19. The van der Waals surface area contributed by atoms with Gasteiger partial charge in [-0.1, -0.05) is 17.7 Å². The molecule has 1 heterocycles. The number of hydrogen-bond acceptors (Lipinski definition) is 4. The molecule has 4 nitrogen and oxygen atoms in total. The lowest BCUT2D eigenvalue weighted by molar-refractivity contribution is 0.0948. The number of pyridine rings is 1. The van der Waals surface area contributed by atoms with Gasteiger partial charge in [0.1, 0.15) is 5.69 Å². The van der Waals surface area contributed by atoms with Crippen molar-refractivity contribution < 1.29 is 4.79 Å². The van der Waals surface area contributed by atoms with Crippen LogP contribution in [0.25, 0.3) is 0 Å². The Labute approximate surface area is 120 Å². The first-order valence-electron chi connectivity index (χ1n) is 5.54.